The fourth-order valence-corrected chi connectivity index (χ4v) is 3.74. The predicted octanol–water partition coefficient (Wildman–Crippen LogP) is 3.70. The van der Waals surface area contributed by atoms with Crippen molar-refractivity contribution < 1.29 is 9.59 Å². The van der Waals surface area contributed by atoms with Crippen LogP contribution in [0.25, 0.3) is 0 Å². The molecule has 1 heterocycles. The Hall–Kier alpha value is -2.86. The van der Waals surface area contributed by atoms with Crippen molar-refractivity contribution in [2.75, 3.05) is 35.2 Å². The van der Waals surface area contributed by atoms with Crippen LogP contribution in [0.2, 0.25) is 0 Å². The van der Waals surface area contributed by atoms with Crippen molar-refractivity contribution in [3.63, 3.8) is 0 Å². The molecular weight excluding hydrogens is 364 g/mol. The lowest BCUT2D eigenvalue weighted by Crippen LogP contribution is -2.42. The van der Waals surface area contributed by atoms with Crippen molar-refractivity contribution in [1.82, 2.24) is 4.90 Å². The van der Waals surface area contributed by atoms with Gasteiger partial charge in [0.15, 0.2) is 0 Å². The third-order valence-electron chi connectivity index (χ3n) is 5.36. The number of amides is 2. The van der Waals surface area contributed by atoms with Gasteiger partial charge in [0, 0.05) is 24.7 Å². The van der Waals surface area contributed by atoms with Gasteiger partial charge in [-0.1, -0.05) is 44.2 Å². The van der Waals surface area contributed by atoms with E-state index < -0.39 is 0 Å². The number of nitrogens with zero attached hydrogens (tertiary/aromatic N) is 2. The Kier molecular flexibility index (Phi) is 6.88. The van der Waals surface area contributed by atoms with Gasteiger partial charge in [-0.15, -0.1) is 0 Å². The molecule has 1 aliphatic rings. The van der Waals surface area contributed by atoms with Crippen molar-refractivity contribution in [2.45, 2.75) is 39.8 Å². The number of carbonyl (C=O) groups is 2. The lowest BCUT2D eigenvalue weighted by Gasteiger charge is -2.28. The van der Waals surface area contributed by atoms with Gasteiger partial charge in [-0.25, -0.2) is 0 Å². The van der Waals surface area contributed by atoms with Crippen LogP contribution in [0.1, 0.15) is 32.8 Å². The normalized spacial score (nSPS) is 16.2. The topological polar surface area (TPSA) is 64.7 Å². The zero-order valence-electron chi connectivity index (χ0n) is 17.4. The highest BCUT2D eigenvalue weighted by Crippen LogP contribution is 2.31. The number of rotatable bonds is 7. The second-order valence-corrected chi connectivity index (χ2v) is 7.35. The molecule has 2 aromatic rings. The minimum Gasteiger partial charge on any atom is -0.376 e. The molecule has 6 heteroatoms. The summed E-state index contributed by atoms with van der Waals surface area (Å²) in [6, 6.07) is 15.4. The summed E-state index contributed by atoms with van der Waals surface area (Å²) in [6.07, 6.45) is 0.277. The van der Waals surface area contributed by atoms with Gasteiger partial charge >= 0.3 is 0 Å². The maximum atomic E-state index is 13.2. The minimum absolute atomic E-state index is 0.0564. The van der Waals surface area contributed by atoms with Crippen molar-refractivity contribution >= 4 is 28.9 Å². The van der Waals surface area contributed by atoms with E-state index in [1.807, 2.05) is 49.4 Å². The average molecular weight is 395 g/mol. The van der Waals surface area contributed by atoms with E-state index in [0.717, 1.165) is 31.0 Å². The number of anilines is 3. The molecule has 29 heavy (non-hydrogen) atoms. The quantitative estimate of drug-likeness (QED) is 0.752. The van der Waals surface area contributed by atoms with Crippen molar-refractivity contribution in [1.29, 1.82) is 0 Å². The molecule has 1 atom stereocenters. The molecule has 0 saturated carbocycles. The van der Waals surface area contributed by atoms with Crippen molar-refractivity contribution in [3.8, 4) is 0 Å². The molecule has 0 aromatic heterocycles. The van der Waals surface area contributed by atoms with Crippen LogP contribution in [-0.2, 0) is 16.1 Å². The first-order valence-corrected chi connectivity index (χ1v) is 10.3. The fourth-order valence-electron chi connectivity index (χ4n) is 3.74. The molecule has 154 valence electrons. The zero-order chi connectivity index (χ0) is 20.8. The number of benzene rings is 2. The van der Waals surface area contributed by atoms with Crippen LogP contribution >= 0.6 is 0 Å². The smallest absolute Gasteiger partial charge is 0.246 e. The summed E-state index contributed by atoms with van der Waals surface area (Å²) >= 11 is 0. The number of hydrogen-bond donors (Lipinski definition) is 2. The largest absolute Gasteiger partial charge is 0.376 e. The Balaban J connectivity index is 1.77. The summed E-state index contributed by atoms with van der Waals surface area (Å²) in [7, 11) is 0. The van der Waals surface area contributed by atoms with Gasteiger partial charge in [0.25, 0.3) is 0 Å². The number of para-hydroxylation sites is 3. The van der Waals surface area contributed by atoms with Gasteiger partial charge in [-0.2, -0.15) is 0 Å². The van der Waals surface area contributed by atoms with E-state index in [0.29, 0.717) is 5.69 Å². The Labute approximate surface area is 172 Å². The lowest BCUT2D eigenvalue weighted by atomic mass is 10.1. The average Bonchev–Trinajstić information content (AvgIpc) is 2.85. The van der Waals surface area contributed by atoms with Gasteiger partial charge in [0.2, 0.25) is 11.8 Å². The standard InChI is InChI=1S/C23H30N4O2/c1-4-26(5-2)16-18-10-6-7-11-19(18)24-15-23(29)27-17(3)14-22(28)25-20-12-8-9-13-21(20)27/h6-13,17,24H,4-5,14-16H2,1-3H3,(H,25,28). The molecule has 0 bridgehead atoms. The molecule has 3 rings (SSSR count). The number of nitrogens with one attached hydrogen (secondary N) is 2. The van der Waals surface area contributed by atoms with Gasteiger partial charge in [-0.3, -0.25) is 14.5 Å². The molecule has 6 nitrogen and oxygen atoms in total. The molecule has 0 spiro atoms. The molecule has 2 N–H and O–H groups in total. The maximum Gasteiger partial charge on any atom is 0.246 e. The van der Waals surface area contributed by atoms with Crippen LogP contribution in [0.3, 0.4) is 0 Å². The Morgan fingerprint density at radius 1 is 1.14 bits per heavy atom. The van der Waals surface area contributed by atoms with Gasteiger partial charge in [0.05, 0.1) is 17.9 Å². The van der Waals surface area contributed by atoms with Gasteiger partial charge < -0.3 is 15.5 Å². The van der Waals surface area contributed by atoms with Crippen LogP contribution in [0.4, 0.5) is 17.1 Å². The number of fused-ring (bicyclic) bond motifs is 1. The second kappa shape index (κ2) is 9.56. The molecule has 0 fully saturated rings. The van der Waals surface area contributed by atoms with Gasteiger partial charge in [-0.05, 0) is 43.8 Å². The Bertz CT molecular complexity index is 863. The summed E-state index contributed by atoms with van der Waals surface area (Å²) in [5.41, 5.74) is 3.56. The van der Waals surface area contributed by atoms with E-state index in [-0.39, 0.29) is 30.8 Å². The molecule has 0 saturated heterocycles. The Morgan fingerprint density at radius 3 is 2.59 bits per heavy atom. The van der Waals surface area contributed by atoms with E-state index in [9.17, 15) is 9.59 Å². The molecule has 2 aromatic carbocycles. The van der Waals surface area contributed by atoms with Gasteiger partial charge in [0.1, 0.15) is 0 Å². The highest BCUT2D eigenvalue weighted by atomic mass is 16.2. The highest BCUT2D eigenvalue weighted by molar-refractivity contribution is 6.05. The second-order valence-electron chi connectivity index (χ2n) is 7.35. The van der Waals surface area contributed by atoms with Crippen LogP contribution < -0.4 is 15.5 Å². The van der Waals surface area contributed by atoms with E-state index in [4.69, 9.17) is 0 Å². The third-order valence-corrected chi connectivity index (χ3v) is 5.36. The number of carbonyl (C=O) groups excluding carboxylic acids is 2. The first kappa shape index (κ1) is 20.9. The zero-order valence-corrected chi connectivity index (χ0v) is 17.4. The summed E-state index contributed by atoms with van der Waals surface area (Å²) in [6.45, 7) is 9.18. The first-order chi connectivity index (χ1) is 14.0. The van der Waals surface area contributed by atoms with E-state index in [2.05, 4.69) is 35.4 Å². The third kappa shape index (κ3) is 4.95. The van der Waals surface area contributed by atoms with Crippen LogP contribution in [0, 0.1) is 0 Å². The fraction of sp³-hybridized carbons (Fsp3) is 0.391. The summed E-state index contributed by atoms with van der Waals surface area (Å²) in [4.78, 5) is 29.4. The molecule has 0 aliphatic carbocycles. The van der Waals surface area contributed by atoms with E-state index >= 15 is 0 Å². The SMILES string of the molecule is CCN(CC)Cc1ccccc1NCC(=O)N1c2ccccc2NC(=O)CC1C. The highest BCUT2D eigenvalue weighted by Gasteiger charge is 2.29. The maximum absolute atomic E-state index is 13.2. The first-order valence-electron chi connectivity index (χ1n) is 10.3. The lowest BCUT2D eigenvalue weighted by molar-refractivity contribution is -0.118. The van der Waals surface area contributed by atoms with E-state index in [1.165, 1.54) is 5.56 Å². The summed E-state index contributed by atoms with van der Waals surface area (Å²) < 4.78 is 0. The number of hydrogen-bond acceptors (Lipinski definition) is 4. The molecular formula is C23H30N4O2. The van der Waals surface area contributed by atoms with Crippen molar-refractivity contribution in [3.05, 3.63) is 54.1 Å². The monoisotopic (exact) mass is 394 g/mol. The molecule has 2 amide bonds. The predicted molar refractivity (Wildman–Crippen MR) is 118 cm³/mol. The molecule has 1 aliphatic heterocycles. The van der Waals surface area contributed by atoms with Crippen LogP contribution in [-0.4, -0.2) is 42.4 Å². The van der Waals surface area contributed by atoms with E-state index in [1.54, 1.807) is 4.90 Å². The molecule has 0 radical (unpaired) electrons. The van der Waals surface area contributed by atoms with Crippen LogP contribution in [0.15, 0.2) is 48.5 Å². The minimum atomic E-state index is -0.209. The van der Waals surface area contributed by atoms with Crippen LogP contribution in [0.5, 0.6) is 0 Å². The summed E-state index contributed by atoms with van der Waals surface area (Å²) in [5, 5.41) is 6.22. The summed E-state index contributed by atoms with van der Waals surface area (Å²) in [5.74, 6) is -0.128. The Morgan fingerprint density at radius 2 is 1.83 bits per heavy atom. The molecule has 1 unspecified atom stereocenters. The van der Waals surface area contributed by atoms with Crippen molar-refractivity contribution in [2.24, 2.45) is 0 Å².